The van der Waals surface area contributed by atoms with Gasteiger partial charge in [0.1, 0.15) is 12.4 Å². The molecule has 0 spiro atoms. The summed E-state index contributed by atoms with van der Waals surface area (Å²) < 4.78 is 11.6. The Morgan fingerprint density at radius 3 is 2.50 bits per heavy atom. The lowest BCUT2D eigenvalue weighted by molar-refractivity contribution is 0.101. The standard InChI is InChI=1S/C19H33NO2/c1-6-7-11-20-12-13-21-14-15-22-18-16(2)9-8-10-17(18)19(3,4)5/h8-10,20H,6-7,11-15H2,1-5H3. The number of para-hydroxylation sites is 1. The van der Waals surface area contributed by atoms with Gasteiger partial charge >= 0.3 is 0 Å². The van der Waals surface area contributed by atoms with E-state index in [9.17, 15) is 0 Å². The Labute approximate surface area is 136 Å². The summed E-state index contributed by atoms with van der Waals surface area (Å²) in [6, 6.07) is 6.35. The second-order valence-electron chi connectivity index (χ2n) is 6.77. The van der Waals surface area contributed by atoms with Gasteiger partial charge in [0.15, 0.2) is 0 Å². The maximum absolute atomic E-state index is 5.99. The van der Waals surface area contributed by atoms with Crippen LogP contribution in [0.25, 0.3) is 0 Å². The van der Waals surface area contributed by atoms with Crippen LogP contribution in [0.4, 0.5) is 0 Å². The van der Waals surface area contributed by atoms with E-state index in [1.807, 2.05) is 0 Å². The minimum absolute atomic E-state index is 0.0887. The third-order valence-corrected chi connectivity index (χ3v) is 3.62. The third kappa shape index (κ3) is 6.80. The average molecular weight is 307 g/mol. The van der Waals surface area contributed by atoms with Crippen molar-refractivity contribution in [3.8, 4) is 5.75 Å². The minimum atomic E-state index is 0.0887. The van der Waals surface area contributed by atoms with E-state index in [1.54, 1.807) is 0 Å². The molecule has 0 amide bonds. The van der Waals surface area contributed by atoms with Crippen molar-refractivity contribution in [2.24, 2.45) is 0 Å². The molecule has 1 rings (SSSR count). The average Bonchev–Trinajstić information content (AvgIpc) is 2.45. The highest BCUT2D eigenvalue weighted by Crippen LogP contribution is 2.33. The molecule has 0 saturated heterocycles. The fourth-order valence-corrected chi connectivity index (χ4v) is 2.31. The van der Waals surface area contributed by atoms with Crippen LogP contribution >= 0.6 is 0 Å². The monoisotopic (exact) mass is 307 g/mol. The van der Waals surface area contributed by atoms with Crippen molar-refractivity contribution in [1.29, 1.82) is 0 Å². The van der Waals surface area contributed by atoms with Crippen molar-refractivity contribution in [2.45, 2.75) is 52.9 Å². The van der Waals surface area contributed by atoms with E-state index >= 15 is 0 Å². The topological polar surface area (TPSA) is 30.5 Å². The van der Waals surface area contributed by atoms with E-state index in [4.69, 9.17) is 9.47 Å². The Balaban J connectivity index is 2.31. The van der Waals surface area contributed by atoms with Crippen molar-refractivity contribution in [2.75, 3.05) is 32.9 Å². The van der Waals surface area contributed by atoms with E-state index in [1.165, 1.54) is 24.0 Å². The van der Waals surface area contributed by atoms with E-state index < -0.39 is 0 Å². The van der Waals surface area contributed by atoms with Gasteiger partial charge < -0.3 is 14.8 Å². The SMILES string of the molecule is CCCCNCCOCCOc1c(C)cccc1C(C)(C)C. The Morgan fingerprint density at radius 2 is 1.82 bits per heavy atom. The molecule has 0 fully saturated rings. The minimum Gasteiger partial charge on any atom is -0.491 e. The highest BCUT2D eigenvalue weighted by Gasteiger charge is 2.19. The smallest absolute Gasteiger partial charge is 0.126 e. The summed E-state index contributed by atoms with van der Waals surface area (Å²) in [5, 5.41) is 3.37. The molecule has 3 heteroatoms. The van der Waals surface area contributed by atoms with Crippen molar-refractivity contribution in [3.05, 3.63) is 29.3 Å². The van der Waals surface area contributed by atoms with Gasteiger partial charge in [0, 0.05) is 6.54 Å². The zero-order valence-electron chi connectivity index (χ0n) is 15.0. The summed E-state index contributed by atoms with van der Waals surface area (Å²) in [5.74, 6) is 1.01. The molecule has 0 aliphatic heterocycles. The van der Waals surface area contributed by atoms with E-state index in [0.29, 0.717) is 13.2 Å². The van der Waals surface area contributed by atoms with Crippen molar-refractivity contribution < 1.29 is 9.47 Å². The summed E-state index contributed by atoms with van der Waals surface area (Å²) in [6.45, 7) is 14.9. The molecule has 0 heterocycles. The highest BCUT2D eigenvalue weighted by molar-refractivity contribution is 5.44. The normalized spacial score (nSPS) is 11.7. The largest absolute Gasteiger partial charge is 0.491 e. The fraction of sp³-hybridized carbons (Fsp3) is 0.684. The van der Waals surface area contributed by atoms with Gasteiger partial charge in [0.25, 0.3) is 0 Å². The lowest BCUT2D eigenvalue weighted by atomic mass is 9.85. The van der Waals surface area contributed by atoms with Crippen LogP contribution in [0.3, 0.4) is 0 Å². The molecule has 3 nitrogen and oxygen atoms in total. The number of ether oxygens (including phenoxy) is 2. The van der Waals surface area contributed by atoms with Crippen LogP contribution in [0.2, 0.25) is 0 Å². The summed E-state index contributed by atoms with van der Waals surface area (Å²) in [6.07, 6.45) is 2.46. The van der Waals surface area contributed by atoms with Crippen molar-refractivity contribution in [1.82, 2.24) is 5.32 Å². The quantitative estimate of drug-likeness (QED) is 0.661. The van der Waals surface area contributed by atoms with Crippen LogP contribution in [0.1, 0.15) is 51.7 Å². The van der Waals surface area contributed by atoms with E-state index in [0.717, 1.165) is 25.4 Å². The zero-order chi connectivity index (χ0) is 16.4. The zero-order valence-corrected chi connectivity index (χ0v) is 15.0. The van der Waals surface area contributed by atoms with Gasteiger partial charge in [0.05, 0.1) is 13.2 Å². The molecular weight excluding hydrogens is 274 g/mol. The molecule has 0 aromatic heterocycles. The maximum atomic E-state index is 5.99. The second-order valence-corrected chi connectivity index (χ2v) is 6.77. The summed E-state index contributed by atoms with van der Waals surface area (Å²) in [4.78, 5) is 0. The number of hydrogen-bond donors (Lipinski definition) is 1. The molecule has 22 heavy (non-hydrogen) atoms. The van der Waals surface area contributed by atoms with Gasteiger partial charge in [-0.05, 0) is 36.4 Å². The number of unbranched alkanes of at least 4 members (excludes halogenated alkanes) is 1. The van der Waals surface area contributed by atoms with Gasteiger partial charge in [-0.1, -0.05) is 52.3 Å². The number of nitrogens with one attached hydrogen (secondary N) is 1. The molecule has 0 unspecified atom stereocenters. The molecule has 1 aromatic rings. The summed E-state index contributed by atoms with van der Waals surface area (Å²) in [5.41, 5.74) is 2.54. The Kier molecular flexibility index (Phi) is 8.51. The van der Waals surface area contributed by atoms with E-state index in [-0.39, 0.29) is 5.41 Å². The van der Waals surface area contributed by atoms with Crippen LogP contribution in [0.5, 0.6) is 5.75 Å². The van der Waals surface area contributed by atoms with Crippen molar-refractivity contribution in [3.63, 3.8) is 0 Å². The molecular formula is C19H33NO2. The first kappa shape index (κ1) is 19.0. The van der Waals surface area contributed by atoms with Crippen LogP contribution in [0, 0.1) is 6.92 Å². The van der Waals surface area contributed by atoms with Gasteiger partial charge in [-0.3, -0.25) is 0 Å². The molecule has 1 N–H and O–H groups in total. The summed E-state index contributed by atoms with van der Waals surface area (Å²) in [7, 11) is 0. The Bertz CT molecular complexity index is 424. The lowest BCUT2D eigenvalue weighted by Gasteiger charge is -2.24. The first-order valence-electron chi connectivity index (χ1n) is 8.48. The van der Waals surface area contributed by atoms with E-state index in [2.05, 4.69) is 58.1 Å². The predicted molar refractivity (Wildman–Crippen MR) is 94.0 cm³/mol. The molecule has 0 atom stereocenters. The molecule has 0 aliphatic carbocycles. The third-order valence-electron chi connectivity index (χ3n) is 3.62. The van der Waals surface area contributed by atoms with Crippen LogP contribution in [0.15, 0.2) is 18.2 Å². The fourth-order valence-electron chi connectivity index (χ4n) is 2.31. The number of hydrogen-bond acceptors (Lipinski definition) is 3. The maximum Gasteiger partial charge on any atom is 0.126 e. The first-order chi connectivity index (χ1) is 10.5. The molecule has 1 aromatic carbocycles. The summed E-state index contributed by atoms with van der Waals surface area (Å²) >= 11 is 0. The molecule has 0 bridgehead atoms. The molecule has 0 radical (unpaired) electrons. The molecule has 0 saturated carbocycles. The Hall–Kier alpha value is -1.06. The van der Waals surface area contributed by atoms with Crippen LogP contribution in [-0.2, 0) is 10.2 Å². The first-order valence-corrected chi connectivity index (χ1v) is 8.48. The van der Waals surface area contributed by atoms with Gasteiger partial charge in [-0.15, -0.1) is 0 Å². The van der Waals surface area contributed by atoms with Crippen LogP contribution < -0.4 is 10.1 Å². The van der Waals surface area contributed by atoms with Gasteiger partial charge in [0.2, 0.25) is 0 Å². The highest BCUT2D eigenvalue weighted by atomic mass is 16.5. The Morgan fingerprint density at radius 1 is 1.05 bits per heavy atom. The lowest BCUT2D eigenvalue weighted by Crippen LogP contribution is -2.22. The predicted octanol–water partition coefficient (Wildman–Crippen LogP) is 4.08. The van der Waals surface area contributed by atoms with Gasteiger partial charge in [-0.25, -0.2) is 0 Å². The van der Waals surface area contributed by atoms with Crippen LogP contribution in [-0.4, -0.2) is 32.9 Å². The number of rotatable bonds is 10. The molecule has 0 aliphatic rings. The molecule has 126 valence electrons. The number of aryl methyl sites for hydroxylation is 1. The van der Waals surface area contributed by atoms with Gasteiger partial charge in [-0.2, -0.15) is 0 Å². The number of benzene rings is 1. The van der Waals surface area contributed by atoms with Crippen molar-refractivity contribution >= 4 is 0 Å². The second kappa shape index (κ2) is 9.86.